The van der Waals surface area contributed by atoms with E-state index in [2.05, 4.69) is 105 Å². The van der Waals surface area contributed by atoms with Crippen LogP contribution in [0.4, 0.5) is 0 Å². The van der Waals surface area contributed by atoms with Crippen molar-refractivity contribution in [3.63, 3.8) is 0 Å². The Morgan fingerprint density at radius 3 is 1.30 bits per heavy atom. The van der Waals surface area contributed by atoms with Gasteiger partial charge in [0.05, 0.1) is 0 Å². The van der Waals surface area contributed by atoms with Crippen molar-refractivity contribution < 1.29 is 0 Å². The monoisotopic (exact) mass is 366 g/mol. The first kappa shape index (κ1) is 27.1. The van der Waals surface area contributed by atoms with Gasteiger partial charge in [0, 0.05) is 0 Å². The normalized spacial score (nSPS) is 8.85. The van der Waals surface area contributed by atoms with Crippen LogP contribution < -0.4 is 0 Å². The molecular weight excluding hydrogens is 324 g/mol. The lowest BCUT2D eigenvalue weighted by molar-refractivity contribution is 0.961. The van der Waals surface area contributed by atoms with Gasteiger partial charge in [-0.3, -0.25) is 0 Å². The highest BCUT2D eigenvalue weighted by molar-refractivity contribution is 5.36. The molecule has 0 fully saturated rings. The summed E-state index contributed by atoms with van der Waals surface area (Å²) in [6.45, 7) is 24.6. The maximum Gasteiger partial charge on any atom is -0.00256 e. The SMILES string of the molecule is C=C.C=CCCC.CCC.Cc1ccc(Cc2ccc(C)c(C)c2)cc1C. The average Bonchev–Trinajstić information content (AvgIpc) is 2.65. The van der Waals surface area contributed by atoms with E-state index in [1.54, 1.807) is 0 Å². The molecular formula is C27H42. The third-order valence-corrected chi connectivity index (χ3v) is 4.04. The fourth-order valence-electron chi connectivity index (χ4n) is 2.27. The molecule has 2 rings (SSSR count). The van der Waals surface area contributed by atoms with Crippen LogP contribution in [-0.4, -0.2) is 0 Å². The van der Waals surface area contributed by atoms with Crippen molar-refractivity contribution in [1.29, 1.82) is 0 Å². The zero-order valence-electron chi connectivity index (χ0n) is 19.0. The number of allylic oxidation sites excluding steroid dienone is 1. The molecule has 0 aliphatic carbocycles. The van der Waals surface area contributed by atoms with E-state index in [1.807, 2.05) is 6.08 Å². The Bertz CT molecular complexity index is 585. The first-order valence-corrected chi connectivity index (χ1v) is 10.1. The van der Waals surface area contributed by atoms with Crippen molar-refractivity contribution in [1.82, 2.24) is 0 Å². The molecule has 2 aromatic carbocycles. The predicted molar refractivity (Wildman–Crippen MR) is 127 cm³/mol. The molecule has 0 heteroatoms. The van der Waals surface area contributed by atoms with Gasteiger partial charge in [0.15, 0.2) is 0 Å². The summed E-state index contributed by atoms with van der Waals surface area (Å²) in [6, 6.07) is 13.5. The summed E-state index contributed by atoms with van der Waals surface area (Å²) in [5, 5.41) is 0. The van der Waals surface area contributed by atoms with Gasteiger partial charge < -0.3 is 0 Å². The number of hydrogen-bond donors (Lipinski definition) is 0. The number of unbranched alkanes of at least 4 members (excludes halogenated alkanes) is 1. The van der Waals surface area contributed by atoms with Crippen LogP contribution in [0, 0.1) is 27.7 Å². The van der Waals surface area contributed by atoms with E-state index in [4.69, 9.17) is 0 Å². The third kappa shape index (κ3) is 12.8. The number of hydrogen-bond acceptors (Lipinski definition) is 0. The Morgan fingerprint density at radius 2 is 1.07 bits per heavy atom. The Balaban J connectivity index is 0. The first-order chi connectivity index (χ1) is 12.9. The standard InChI is InChI=1S/C17H20.C5H10.C3H8.C2H4/c1-12-5-7-16(9-14(12)3)11-17-8-6-13(2)15(4)10-17;1-3-5-4-2;1-3-2;1-2/h5-10H,11H2,1-4H3;3H,1,4-5H2,2H3;3H2,1-2H3;1-2H2. The molecule has 0 nitrogen and oxygen atoms in total. The van der Waals surface area contributed by atoms with Gasteiger partial charge in [0.25, 0.3) is 0 Å². The van der Waals surface area contributed by atoms with Crippen molar-refractivity contribution in [3.05, 3.63) is 95.6 Å². The van der Waals surface area contributed by atoms with E-state index in [-0.39, 0.29) is 0 Å². The molecule has 0 unspecified atom stereocenters. The minimum atomic E-state index is 1.03. The zero-order chi connectivity index (χ0) is 21.2. The summed E-state index contributed by atoms with van der Waals surface area (Å²) >= 11 is 0. The molecule has 0 radical (unpaired) electrons. The molecule has 0 heterocycles. The second-order valence-electron chi connectivity index (χ2n) is 6.80. The van der Waals surface area contributed by atoms with Crippen LogP contribution in [0.5, 0.6) is 0 Å². The molecule has 0 saturated carbocycles. The summed E-state index contributed by atoms with van der Waals surface area (Å²) in [4.78, 5) is 0. The fraction of sp³-hybridized carbons (Fsp3) is 0.407. The second kappa shape index (κ2) is 17.3. The first-order valence-electron chi connectivity index (χ1n) is 10.1. The van der Waals surface area contributed by atoms with Gasteiger partial charge in [-0.25, -0.2) is 0 Å². The third-order valence-electron chi connectivity index (χ3n) is 4.04. The smallest absolute Gasteiger partial charge is 0.00256 e. The molecule has 0 N–H and O–H groups in total. The number of benzene rings is 2. The summed E-state index contributed by atoms with van der Waals surface area (Å²) in [5.74, 6) is 0. The summed E-state index contributed by atoms with van der Waals surface area (Å²) < 4.78 is 0. The van der Waals surface area contributed by atoms with Crippen molar-refractivity contribution >= 4 is 0 Å². The fourth-order valence-corrected chi connectivity index (χ4v) is 2.27. The zero-order valence-corrected chi connectivity index (χ0v) is 19.0. The Kier molecular flexibility index (Phi) is 17.4. The molecule has 0 aliphatic heterocycles. The quantitative estimate of drug-likeness (QED) is 0.475. The number of aryl methyl sites for hydroxylation is 4. The van der Waals surface area contributed by atoms with Crippen molar-refractivity contribution in [2.24, 2.45) is 0 Å². The lowest BCUT2D eigenvalue weighted by atomic mass is 9.98. The molecule has 27 heavy (non-hydrogen) atoms. The molecule has 0 bridgehead atoms. The van der Waals surface area contributed by atoms with Crippen LogP contribution >= 0.6 is 0 Å². The Labute approximate surface area is 170 Å². The molecule has 0 spiro atoms. The van der Waals surface area contributed by atoms with Gasteiger partial charge in [-0.05, 0) is 73.9 Å². The highest BCUT2D eigenvalue weighted by Gasteiger charge is 2.00. The van der Waals surface area contributed by atoms with Crippen molar-refractivity contribution in [2.75, 3.05) is 0 Å². The topological polar surface area (TPSA) is 0 Å². The van der Waals surface area contributed by atoms with Crippen LogP contribution in [0.15, 0.2) is 62.2 Å². The van der Waals surface area contributed by atoms with Crippen LogP contribution in [0.1, 0.15) is 73.4 Å². The van der Waals surface area contributed by atoms with Crippen LogP contribution in [-0.2, 0) is 6.42 Å². The molecule has 0 atom stereocenters. The van der Waals surface area contributed by atoms with E-state index in [0.717, 1.165) is 12.8 Å². The van der Waals surface area contributed by atoms with Gasteiger partial charge in [-0.1, -0.05) is 76.1 Å². The molecule has 150 valence electrons. The van der Waals surface area contributed by atoms with Gasteiger partial charge in [-0.15, -0.1) is 19.7 Å². The number of rotatable bonds is 4. The minimum Gasteiger partial charge on any atom is -0.106 e. The van der Waals surface area contributed by atoms with E-state index in [0.29, 0.717) is 0 Å². The van der Waals surface area contributed by atoms with Crippen LogP contribution in [0.25, 0.3) is 0 Å². The lowest BCUT2D eigenvalue weighted by Gasteiger charge is -2.07. The van der Waals surface area contributed by atoms with E-state index >= 15 is 0 Å². The molecule has 2 aromatic rings. The highest BCUT2D eigenvalue weighted by atomic mass is 14.1. The maximum atomic E-state index is 3.55. The van der Waals surface area contributed by atoms with Crippen LogP contribution in [0.3, 0.4) is 0 Å². The molecule has 0 aromatic heterocycles. The molecule has 0 saturated heterocycles. The van der Waals surface area contributed by atoms with Crippen molar-refractivity contribution in [2.45, 2.75) is 74.1 Å². The van der Waals surface area contributed by atoms with Gasteiger partial charge >= 0.3 is 0 Å². The van der Waals surface area contributed by atoms with Crippen LogP contribution in [0.2, 0.25) is 0 Å². The lowest BCUT2D eigenvalue weighted by Crippen LogP contribution is -1.92. The summed E-state index contributed by atoms with van der Waals surface area (Å²) in [7, 11) is 0. The largest absolute Gasteiger partial charge is 0.106 e. The Morgan fingerprint density at radius 1 is 0.704 bits per heavy atom. The van der Waals surface area contributed by atoms with Gasteiger partial charge in [0.1, 0.15) is 0 Å². The molecule has 0 aliphatic rings. The predicted octanol–water partition coefficient (Wildman–Crippen LogP) is 8.70. The van der Waals surface area contributed by atoms with E-state index < -0.39 is 0 Å². The second-order valence-corrected chi connectivity index (χ2v) is 6.80. The summed E-state index contributed by atoms with van der Waals surface area (Å²) in [5.41, 5.74) is 8.30. The summed E-state index contributed by atoms with van der Waals surface area (Å²) in [6.07, 6.45) is 6.59. The van der Waals surface area contributed by atoms with E-state index in [1.165, 1.54) is 46.2 Å². The minimum absolute atomic E-state index is 1.03. The maximum absolute atomic E-state index is 3.55. The van der Waals surface area contributed by atoms with Gasteiger partial charge in [-0.2, -0.15) is 0 Å². The highest BCUT2D eigenvalue weighted by Crippen LogP contribution is 2.16. The Hall–Kier alpha value is -2.08. The van der Waals surface area contributed by atoms with Gasteiger partial charge in [0.2, 0.25) is 0 Å². The average molecular weight is 367 g/mol. The van der Waals surface area contributed by atoms with E-state index in [9.17, 15) is 0 Å². The van der Waals surface area contributed by atoms with Crippen molar-refractivity contribution in [3.8, 4) is 0 Å². The molecule has 0 amide bonds.